The number of hydrogen-bond donors (Lipinski definition) is 4. The van der Waals surface area contributed by atoms with E-state index >= 15 is 0 Å². The first-order valence-electron chi connectivity index (χ1n) is 22.3. The van der Waals surface area contributed by atoms with Crippen LogP contribution in [0, 0.1) is 6.92 Å². The standard InChI is InChI=1S/C54H54N4O13/c1-31(2)51(63)69-34(6)23-25-67-53(65)43-21-19-41(29-45(43)49(61)55-8)71-42-20-22-44(54(66)68-26-24-35(7)70-52(64)32(3)4)46(30-42)50(62)58-40-14-10-13-37(28-40)48(60)57-39-17-15-38(16-18-39)56-47(59)36-12-9-11-33(5)27-36/h9-22,27-30,34-35H,1,3,23-26H2,2,4-8H3,(H,55,61)(H,56,59)(H,57,60)(H,58,62). The van der Waals surface area contributed by atoms with Crippen molar-refractivity contribution in [1.82, 2.24) is 5.32 Å². The second-order valence-electron chi connectivity index (χ2n) is 16.3. The number of anilines is 3. The minimum atomic E-state index is -0.887. The molecule has 0 bridgehead atoms. The number of carbonyl (C=O) groups excluding carboxylic acids is 8. The highest BCUT2D eigenvalue weighted by atomic mass is 16.6. The smallest absolute Gasteiger partial charge is 0.338 e. The number of carbonyl (C=O) groups is 8. The van der Waals surface area contributed by atoms with Crippen LogP contribution in [0.3, 0.4) is 0 Å². The van der Waals surface area contributed by atoms with E-state index in [2.05, 4.69) is 34.4 Å². The first kappa shape index (κ1) is 53.1. The minimum Gasteiger partial charge on any atom is -0.462 e. The van der Waals surface area contributed by atoms with Crippen molar-refractivity contribution in [2.75, 3.05) is 36.2 Å². The highest BCUT2D eigenvalue weighted by Crippen LogP contribution is 2.29. The monoisotopic (exact) mass is 966 g/mol. The van der Waals surface area contributed by atoms with Gasteiger partial charge in [-0.05, 0) is 126 Å². The van der Waals surface area contributed by atoms with Gasteiger partial charge in [-0.15, -0.1) is 0 Å². The number of rotatable bonds is 21. The van der Waals surface area contributed by atoms with Gasteiger partial charge in [0.15, 0.2) is 0 Å². The summed E-state index contributed by atoms with van der Waals surface area (Å²) in [6, 6.07) is 27.8. The van der Waals surface area contributed by atoms with Crippen LogP contribution >= 0.6 is 0 Å². The summed E-state index contributed by atoms with van der Waals surface area (Å²) in [5.74, 6) is -5.00. The zero-order valence-electron chi connectivity index (χ0n) is 40.1. The fourth-order valence-corrected chi connectivity index (χ4v) is 6.42. The molecule has 0 saturated carbocycles. The van der Waals surface area contributed by atoms with Crippen LogP contribution in [-0.2, 0) is 28.5 Å². The average molecular weight is 967 g/mol. The first-order chi connectivity index (χ1) is 33.8. The summed E-state index contributed by atoms with van der Waals surface area (Å²) >= 11 is 0. The number of amides is 4. The van der Waals surface area contributed by atoms with Crippen LogP contribution in [0.1, 0.15) is 108 Å². The number of hydrogen-bond acceptors (Lipinski definition) is 13. The van der Waals surface area contributed by atoms with Crippen LogP contribution in [0.25, 0.3) is 0 Å². The Hall–Kier alpha value is -8.86. The first-order valence-corrected chi connectivity index (χ1v) is 22.3. The van der Waals surface area contributed by atoms with E-state index in [4.69, 9.17) is 23.7 Å². The molecule has 0 aliphatic carbocycles. The Labute approximate surface area is 410 Å². The van der Waals surface area contributed by atoms with E-state index in [1.807, 2.05) is 13.0 Å². The van der Waals surface area contributed by atoms with Gasteiger partial charge >= 0.3 is 23.9 Å². The lowest BCUT2D eigenvalue weighted by atomic mass is 10.0. The van der Waals surface area contributed by atoms with Crippen LogP contribution in [-0.4, -0.2) is 80.0 Å². The fourth-order valence-electron chi connectivity index (χ4n) is 6.42. The highest BCUT2D eigenvalue weighted by Gasteiger charge is 2.24. The van der Waals surface area contributed by atoms with Crippen LogP contribution in [0.15, 0.2) is 133 Å². The van der Waals surface area contributed by atoms with Crippen LogP contribution in [0.5, 0.6) is 11.5 Å². The number of aryl methyl sites for hydroxylation is 1. The number of nitrogens with one attached hydrogen (secondary N) is 4. The molecule has 2 atom stereocenters. The molecule has 4 N–H and O–H groups in total. The molecule has 5 aromatic carbocycles. The van der Waals surface area contributed by atoms with E-state index in [1.165, 1.54) is 75.5 Å². The molecule has 2 unspecified atom stereocenters. The van der Waals surface area contributed by atoms with Crippen molar-refractivity contribution in [3.8, 4) is 11.5 Å². The van der Waals surface area contributed by atoms with Gasteiger partial charge in [-0.2, -0.15) is 0 Å². The normalized spacial score (nSPS) is 11.4. The fraction of sp³-hybridized carbons (Fsp3) is 0.222. The van der Waals surface area contributed by atoms with Crippen LogP contribution in [0.2, 0.25) is 0 Å². The molecule has 0 fully saturated rings. The zero-order chi connectivity index (χ0) is 51.8. The SMILES string of the molecule is C=C(C)C(=O)OC(C)CCOC(=O)c1ccc(Oc2ccc(C(=O)OCCC(C)OC(=O)C(=C)C)c(C(=O)Nc3cccc(C(=O)Nc4ccc(NC(=O)c5cccc(C)c5)cc4)c3)c2)cc1C(=O)NC. The Kier molecular flexibility index (Phi) is 18.7. The van der Waals surface area contributed by atoms with Crippen LogP contribution < -0.4 is 26.0 Å². The quantitative estimate of drug-likeness (QED) is 0.0306. The Morgan fingerprint density at radius 1 is 0.507 bits per heavy atom. The molecule has 0 heterocycles. The maximum Gasteiger partial charge on any atom is 0.338 e. The highest BCUT2D eigenvalue weighted by molar-refractivity contribution is 6.12. The molecule has 0 radical (unpaired) electrons. The van der Waals surface area contributed by atoms with Gasteiger partial charge in [0, 0.05) is 59.2 Å². The van der Waals surface area contributed by atoms with Gasteiger partial charge < -0.3 is 45.0 Å². The van der Waals surface area contributed by atoms with Crippen molar-refractivity contribution in [2.24, 2.45) is 0 Å². The van der Waals surface area contributed by atoms with Gasteiger partial charge in [0.05, 0.1) is 35.5 Å². The lowest BCUT2D eigenvalue weighted by Crippen LogP contribution is -2.23. The van der Waals surface area contributed by atoms with Gasteiger partial charge in [0.1, 0.15) is 23.7 Å². The number of benzene rings is 5. The molecular weight excluding hydrogens is 913 g/mol. The molecule has 0 saturated heterocycles. The average Bonchev–Trinajstić information content (AvgIpc) is 3.34. The summed E-state index contributed by atoms with van der Waals surface area (Å²) in [5.41, 5.74) is 2.65. The Morgan fingerprint density at radius 2 is 0.944 bits per heavy atom. The van der Waals surface area contributed by atoms with Crippen molar-refractivity contribution in [2.45, 2.75) is 59.7 Å². The summed E-state index contributed by atoms with van der Waals surface area (Å²) in [5, 5.41) is 10.8. The van der Waals surface area contributed by atoms with Crippen molar-refractivity contribution >= 4 is 64.6 Å². The largest absolute Gasteiger partial charge is 0.462 e. The van der Waals surface area contributed by atoms with Gasteiger partial charge in [0.25, 0.3) is 23.6 Å². The molecule has 17 nitrogen and oxygen atoms in total. The Bertz CT molecular complexity index is 2870. The van der Waals surface area contributed by atoms with Crippen molar-refractivity contribution in [3.63, 3.8) is 0 Å². The molecule has 0 aliphatic rings. The molecule has 5 aromatic rings. The van der Waals surface area contributed by atoms with E-state index < -0.39 is 53.8 Å². The second-order valence-corrected chi connectivity index (χ2v) is 16.3. The maximum absolute atomic E-state index is 14.1. The third-order valence-electron chi connectivity index (χ3n) is 10.3. The van der Waals surface area contributed by atoms with Crippen molar-refractivity contribution in [3.05, 3.63) is 172 Å². The van der Waals surface area contributed by atoms with Crippen molar-refractivity contribution in [1.29, 1.82) is 0 Å². The molecule has 0 spiro atoms. The molecular formula is C54H54N4O13. The van der Waals surface area contributed by atoms with E-state index in [1.54, 1.807) is 62.4 Å². The van der Waals surface area contributed by atoms with Gasteiger partial charge in [-0.3, -0.25) is 19.2 Å². The summed E-state index contributed by atoms with van der Waals surface area (Å²) < 4.78 is 27.4. The maximum atomic E-state index is 14.1. The number of ether oxygens (including phenoxy) is 5. The van der Waals surface area contributed by atoms with E-state index in [0.717, 1.165) is 5.56 Å². The second kappa shape index (κ2) is 25.0. The summed E-state index contributed by atoms with van der Waals surface area (Å²) in [7, 11) is 1.37. The predicted molar refractivity (Wildman–Crippen MR) is 265 cm³/mol. The molecule has 71 heavy (non-hydrogen) atoms. The molecule has 5 rings (SSSR count). The molecule has 17 heteroatoms. The number of esters is 4. The minimum absolute atomic E-state index is 0.0392. The third-order valence-corrected chi connectivity index (χ3v) is 10.3. The summed E-state index contributed by atoms with van der Waals surface area (Å²) in [6.45, 7) is 15.0. The van der Waals surface area contributed by atoms with Gasteiger partial charge in [-0.25, -0.2) is 19.2 Å². The molecule has 0 aliphatic heterocycles. The van der Waals surface area contributed by atoms with E-state index in [0.29, 0.717) is 16.9 Å². The molecule has 0 aromatic heterocycles. The van der Waals surface area contributed by atoms with E-state index in [9.17, 15) is 38.4 Å². The predicted octanol–water partition coefficient (Wildman–Crippen LogP) is 9.01. The summed E-state index contributed by atoms with van der Waals surface area (Å²) in [4.78, 5) is 104. The van der Waals surface area contributed by atoms with Gasteiger partial charge in [0.2, 0.25) is 0 Å². The molecule has 4 amide bonds. The topological polar surface area (TPSA) is 231 Å². The Balaban J connectivity index is 1.33. The molecule has 368 valence electrons. The Morgan fingerprint density at radius 3 is 1.39 bits per heavy atom. The van der Waals surface area contributed by atoms with Crippen LogP contribution in [0.4, 0.5) is 17.1 Å². The zero-order valence-corrected chi connectivity index (χ0v) is 40.1. The van der Waals surface area contributed by atoms with E-state index in [-0.39, 0.29) is 88.1 Å². The van der Waals surface area contributed by atoms with Crippen molar-refractivity contribution < 1.29 is 62.0 Å². The third kappa shape index (κ3) is 15.6. The summed E-state index contributed by atoms with van der Waals surface area (Å²) in [6.07, 6.45) is -0.885. The van der Waals surface area contributed by atoms with Gasteiger partial charge in [-0.1, -0.05) is 36.9 Å². The lowest BCUT2D eigenvalue weighted by molar-refractivity contribution is -0.144. The lowest BCUT2D eigenvalue weighted by Gasteiger charge is -2.16.